The lowest BCUT2D eigenvalue weighted by atomic mass is 9.86. The predicted octanol–water partition coefficient (Wildman–Crippen LogP) is 1.02. The van der Waals surface area contributed by atoms with E-state index in [9.17, 15) is 14.7 Å². The van der Waals surface area contributed by atoms with Crippen LogP contribution in [0, 0.1) is 5.92 Å². The lowest BCUT2D eigenvalue weighted by molar-refractivity contribution is -0.303. The van der Waals surface area contributed by atoms with E-state index in [1.807, 2.05) is 20.8 Å². The standard InChI is InChI=1S/C15H26O7/c1-6-11-12(7-16)22-15(19-8(2)3)14(21-10(5)18)13(11)20-9(4)17/h8,11-16H,6-7H2,1-5H3. The van der Waals surface area contributed by atoms with Crippen LogP contribution in [0.15, 0.2) is 0 Å². The molecule has 0 aromatic carbocycles. The number of carbonyl (C=O) groups excluding carboxylic acids is 2. The van der Waals surface area contributed by atoms with Gasteiger partial charge >= 0.3 is 11.9 Å². The molecule has 5 atom stereocenters. The topological polar surface area (TPSA) is 91.3 Å². The van der Waals surface area contributed by atoms with Crippen LogP contribution in [0.3, 0.4) is 0 Å². The van der Waals surface area contributed by atoms with Gasteiger partial charge in [-0.1, -0.05) is 6.92 Å². The molecule has 0 radical (unpaired) electrons. The third-order valence-corrected chi connectivity index (χ3v) is 3.46. The SMILES string of the molecule is CCC1C(CO)OC(OC(C)C)C(OC(C)=O)C1OC(C)=O. The Balaban J connectivity index is 3.10. The van der Waals surface area contributed by atoms with Crippen molar-refractivity contribution < 1.29 is 33.6 Å². The quantitative estimate of drug-likeness (QED) is 0.731. The molecule has 0 amide bonds. The summed E-state index contributed by atoms with van der Waals surface area (Å²) in [5, 5.41) is 9.54. The fourth-order valence-electron chi connectivity index (χ4n) is 2.67. The first-order chi connectivity index (χ1) is 10.3. The number of rotatable bonds is 6. The molecule has 22 heavy (non-hydrogen) atoms. The molecular formula is C15H26O7. The van der Waals surface area contributed by atoms with Crippen LogP contribution in [0.5, 0.6) is 0 Å². The van der Waals surface area contributed by atoms with Gasteiger partial charge in [-0.15, -0.1) is 0 Å². The summed E-state index contributed by atoms with van der Waals surface area (Å²) in [5.74, 6) is -1.28. The molecule has 1 saturated heterocycles. The van der Waals surface area contributed by atoms with Crippen molar-refractivity contribution in [2.75, 3.05) is 6.61 Å². The summed E-state index contributed by atoms with van der Waals surface area (Å²) < 4.78 is 22.0. The Kier molecular flexibility index (Phi) is 7.25. The van der Waals surface area contributed by atoms with Gasteiger partial charge in [0.1, 0.15) is 6.10 Å². The molecule has 128 valence electrons. The second kappa shape index (κ2) is 8.45. The highest BCUT2D eigenvalue weighted by molar-refractivity contribution is 5.67. The zero-order chi connectivity index (χ0) is 16.9. The second-order valence-corrected chi connectivity index (χ2v) is 5.63. The van der Waals surface area contributed by atoms with Crippen LogP contribution in [0.25, 0.3) is 0 Å². The van der Waals surface area contributed by atoms with E-state index in [0.29, 0.717) is 6.42 Å². The van der Waals surface area contributed by atoms with Crippen molar-refractivity contribution in [1.82, 2.24) is 0 Å². The maximum atomic E-state index is 11.4. The van der Waals surface area contributed by atoms with E-state index in [1.165, 1.54) is 13.8 Å². The van der Waals surface area contributed by atoms with Crippen molar-refractivity contribution in [2.24, 2.45) is 5.92 Å². The normalized spacial score (nSPS) is 31.9. The van der Waals surface area contributed by atoms with E-state index in [0.717, 1.165) is 0 Å². The van der Waals surface area contributed by atoms with E-state index < -0.39 is 36.5 Å². The molecule has 1 rings (SSSR count). The van der Waals surface area contributed by atoms with Crippen molar-refractivity contribution >= 4 is 11.9 Å². The molecule has 7 heteroatoms. The summed E-state index contributed by atoms with van der Waals surface area (Å²) in [5.41, 5.74) is 0. The van der Waals surface area contributed by atoms with E-state index >= 15 is 0 Å². The summed E-state index contributed by atoms with van der Waals surface area (Å²) >= 11 is 0. The zero-order valence-corrected chi connectivity index (χ0v) is 13.8. The van der Waals surface area contributed by atoms with E-state index in [-0.39, 0.29) is 18.6 Å². The van der Waals surface area contributed by atoms with Crippen LogP contribution in [0.4, 0.5) is 0 Å². The van der Waals surface area contributed by atoms with Gasteiger partial charge in [-0.3, -0.25) is 9.59 Å². The van der Waals surface area contributed by atoms with Gasteiger partial charge in [0.05, 0.1) is 18.8 Å². The smallest absolute Gasteiger partial charge is 0.303 e. The van der Waals surface area contributed by atoms with Crippen LogP contribution in [-0.2, 0) is 28.5 Å². The molecule has 0 aliphatic carbocycles. The van der Waals surface area contributed by atoms with Crippen molar-refractivity contribution in [1.29, 1.82) is 0 Å². The van der Waals surface area contributed by atoms with Gasteiger partial charge in [-0.2, -0.15) is 0 Å². The van der Waals surface area contributed by atoms with Gasteiger partial charge in [0.25, 0.3) is 0 Å². The molecular weight excluding hydrogens is 292 g/mol. The van der Waals surface area contributed by atoms with Crippen molar-refractivity contribution in [3.63, 3.8) is 0 Å². The average molecular weight is 318 g/mol. The van der Waals surface area contributed by atoms with Crippen LogP contribution >= 0.6 is 0 Å². The third kappa shape index (κ3) is 4.93. The van der Waals surface area contributed by atoms with Gasteiger partial charge < -0.3 is 24.1 Å². The van der Waals surface area contributed by atoms with Gasteiger partial charge in [0.2, 0.25) is 0 Å². The molecule has 5 unspecified atom stereocenters. The average Bonchev–Trinajstić information content (AvgIpc) is 2.40. The predicted molar refractivity (Wildman–Crippen MR) is 76.9 cm³/mol. The first-order valence-corrected chi connectivity index (χ1v) is 7.56. The molecule has 0 spiro atoms. The maximum Gasteiger partial charge on any atom is 0.303 e. The van der Waals surface area contributed by atoms with Gasteiger partial charge in [-0.05, 0) is 20.3 Å². The molecule has 7 nitrogen and oxygen atoms in total. The van der Waals surface area contributed by atoms with Gasteiger partial charge in [0.15, 0.2) is 12.4 Å². The van der Waals surface area contributed by atoms with Crippen molar-refractivity contribution in [3.05, 3.63) is 0 Å². The van der Waals surface area contributed by atoms with Crippen molar-refractivity contribution in [3.8, 4) is 0 Å². The Labute approximate surface area is 130 Å². The number of hydrogen-bond donors (Lipinski definition) is 1. The monoisotopic (exact) mass is 318 g/mol. The fourth-order valence-corrected chi connectivity index (χ4v) is 2.67. The van der Waals surface area contributed by atoms with E-state index in [1.54, 1.807) is 0 Å². The molecule has 1 aliphatic heterocycles. The van der Waals surface area contributed by atoms with Crippen LogP contribution < -0.4 is 0 Å². The summed E-state index contributed by atoms with van der Waals surface area (Å²) in [7, 11) is 0. The lowest BCUT2D eigenvalue weighted by Gasteiger charge is -2.45. The number of esters is 2. The summed E-state index contributed by atoms with van der Waals surface area (Å²) in [6.07, 6.45) is -2.62. The first kappa shape index (κ1) is 18.9. The molecule has 0 aromatic heterocycles. The van der Waals surface area contributed by atoms with Gasteiger partial charge in [0, 0.05) is 19.8 Å². The second-order valence-electron chi connectivity index (χ2n) is 5.63. The summed E-state index contributed by atoms with van der Waals surface area (Å²) in [6.45, 7) is 7.85. The fraction of sp³-hybridized carbons (Fsp3) is 0.867. The minimum atomic E-state index is -0.895. The minimum absolute atomic E-state index is 0.182. The molecule has 0 bridgehead atoms. The number of hydrogen-bond acceptors (Lipinski definition) is 7. The highest BCUT2D eigenvalue weighted by Crippen LogP contribution is 2.33. The molecule has 0 saturated carbocycles. The minimum Gasteiger partial charge on any atom is -0.458 e. The molecule has 1 N–H and O–H groups in total. The molecule has 1 aliphatic rings. The molecule has 1 fully saturated rings. The highest BCUT2D eigenvalue weighted by atomic mass is 16.7. The van der Waals surface area contributed by atoms with E-state index in [4.69, 9.17) is 18.9 Å². The van der Waals surface area contributed by atoms with Crippen LogP contribution in [0.1, 0.15) is 41.0 Å². The Bertz CT molecular complexity index is 382. The summed E-state index contributed by atoms with van der Waals surface area (Å²) in [4.78, 5) is 22.8. The lowest BCUT2D eigenvalue weighted by Crippen LogP contribution is -2.59. The van der Waals surface area contributed by atoms with Crippen molar-refractivity contribution in [2.45, 2.75) is 71.7 Å². The number of carbonyl (C=O) groups is 2. The molecule has 0 aromatic rings. The first-order valence-electron chi connectivity index (χ1n) is 7.56. The van der Waals surface area contributed by atoms with Crippen LogP contribution in [-0.4, -0.2) is 54.4 Å². The van der Waals surface area contributed by atoms with Gasteiger partial charge in [-0.25, -0.2) is 0 Å². The Hall–Kier alpha value is -1.18. The number of aliphatic hydroxyl groups is 1. The zero-order valence-electron chi connectivity index (χ0n) is 13.8. The Morgan fingerprint density at radius 1 is 1.14 bits per heavy atom. The largest absolute Gasteiger partial charge is 0.458 e. The summed E-state index contributed by atoms with van der Waals surface area (Å²) in [6, 6.07) is 0. The molecule has 1 heterocycles. The van der Waals surface area contributed by atoms with E-state index in [2.05, 4.69) is 0 Å². The Morgan fingerprint density at radius 3 is 2.09 bits per heavy atom. The maximum absolute atomic E-state index is 11.4. The highest BCUT2D eigenvalue weighted by Gasteiger charge is 2.49. The van der Waals surface area contributed by atoms with Crippen LogP contribution in [0.2, 0.25) is 0 Å². The third-order valence-electron chi connectivity index (χ3n) is 3.46. The number of aliphatic hydroxyl groups excluding tert-OH is 1. The number of ether oxygens (including phenoxy) is 4. The Morgan fingerprint density at radius 2 is 1.68 bits per heavy atom.